The summed E-state index contributed by atoms with van der Waals surface area (Å²) in [5.41, 5.74) is -0.0671. The van der Waals surface area contributed by atoms with Crippen molar-refractivity contribution in [1.82, 2.24) is 0 Å². The summed E-state index contributed by atoms with van der Waals surface area (Å²) in [4.78, 5) is 10.3. The summed E-state index contributed by atoms with van der Waals surface area (Å²) in [6.07, 6.45) is 0. The summed E-state index contributed by atoms with van der Waals surface area (Å²) in [6, 6.07) is 5.81. The molecule has 0 spiro atoms. The number of aromatic carboxylic acids is 1. The Balaban J connectivity index is -0.000000125. The summed E-state index contributed by atoms with van der Waals surface area (Å²) in [7, 11) is 0. The average molecular weight is 325 g/mol. The van der Waals surface area contributed by atoms with E-state index in [1.807, 2.05) is 0 Å². The predicted octanol–water partition coefficient (Wildman–Crippen LogP) is 0.932. The van der Waals surface area contributed by atoms with Crippen molar-refractivity contribution in [1.29, 1.82) is 0 Å². The standard InChI is InChI=1S/C7H6O3.Ba.Ti.2H/c8-6-4-2-1-3-5(6)7(9)10;;;;/h1-4,8H,(H,9,10);;;;/q;+2;;2*-1. The Morgan fingerprint density at radius 3 is 2.17 bits per heavy atom. The number of hydrogen-bond donors (Lipinski definition) is 2. The summed E-state index contributed by atoms with van der Waals surface area (Å²) in [6.45, 7) is 0. The Kier molecular flexibility index (Phi) is 9.16. The summed E-state index contributed by atoms with van der Waals surface area (Å²) in [5.74, 6) is -1.31. The zero-order valence-corrected chi connectivity index (χ0v) is 12.3. The van der Waals surface area contributed by atoms with E-state index < -0.39 is 5.97 Å². The molecule has 0 amide bonds. The van der Waals surface area contributed by atoms with Crippen LogP contribution in [0.4, 0.5) is 0 Å². The van der Waals surface area contributed by atoms with Crippen LogP contribution in [0.15, 0.2) is 24.3 Å². The third-order valence-electron chi connectivity index (χ3n) is 1.13. The van der Waals surface area contributed by atoms with Gasteiger partial charge in [0.05, 0.1) is 0 Å². The monoisotopic (exact) mass is 326 g/mol. The summed E-state index contributed by atoms with van der Waals surface area (Å²) >= 11 is 0. The molecule has 0 saturated heterocycles. The SMILES string of the molecule is O=C(O)c1ccccc1O.[Ba+2].[H-].[H-].[Ti]. The fourth-order valence-electron chi connectivity index (χ4n) is 0.654. The number of para-hydroxylation sites is 1. The van der Waals surface area contributed by atoms with Crippen LogP contribution in [0.3, 0.4) is 0 Å². The summed E-state index contributed by atoms with van der Waals surface area (Å²) in [5, 5.41) is 17.3. The Morgan fingerprint density at radius 1 is 1.33 bits per heavy atom. The van der Waals surface area contributed by atoms with Gasteiger partial charge in [0.1, 0.15) is 11.3 Å². The van der Waals surface area contributed by atoms with E-state index in [9.17, 15) is 4.79 Å². The van der Waals surface area contributed by atoms with Gasteiger partial charge in [-0.2, -0.15) is 0 Å². The van der Waals surface area contributed by atoms with Gasteiger partial charge in [-0.1, -0.05) is 12.1 Å². The quantitative estimate of drug-likeness (QED) is 0.756. The Labute approximate surface area is 128 Å². The first kappa shape index (κ1) is 15.3. The van der Waals surface area contributed by atoms with Gasteiger partial charge in [0.15, 0.2) is 0 Å². The number of carboxylic acid groups (broad SMARTS) is 1. The van der Waals surface area contributed by atoms with Gasteiger partial charge in [0, 0.05) is 21.7 Å². The molecule has 12 heavy (non-hydrogen) atoms. The third kappa shape index (κ3) is 4.14. The van der Waals surface area contributed by atoms with Gasteiger partial charge in [0.25, 0.3) is 0 Å². The van der Waals surface area contributed by atoms with E-state index in [4.69, 9.17) is 10.2 Å². The molecule has 0 bridgehead atoms. The molecule has 1 aromatic carbocycles. The van der Waals surface area contributed by atoms with Gasteiger partial charge in [-0.05, 0) is 12.1 Å². The molecule has 0 aromatic heterocycles. The second kappa shape index (κ2) is 7.21. The number of benzene rings is 1. The number of phenols is 1. The Morgan fingerprint density at radius 2 is 1.83 bits per heavy atom. The van der Waals surface area contributed by atoms with Crippen LogP contribution in [0, 0.1) is 0 Å². The zero-order chi connectivity index (χ0) is 7.56. The fraction of sp³-hybridized carbons (Fsp3) is 0. The topological polar surface area (TPSA) is 57.5 Å². The van der Waals surface area contributed by atoms with E-state index in [0.717, 1.165) is 0 Å². The molecule has 60 valence electrons. The van der Waals surface area contributed by atoms with Crippen LogP contribution < -0.4 is 0 Å². The maximum atomic E-state index is 10.3. The van der Waals surface area contributed by atoms with Crippen LogP contribution in [0.5, 0.6) is 5.75 Å². The van der Waals surface area contributed by atoms with Gasteiger partial charge in [0.2, 0.25) is 0 Å². The van der Waals surface area contributed by atoms with E-state index in [2.05, 4.69) is 0 Å². The molecule has 0 unspecified atom stereocenters. The zero-order valence-electron chi connectivity index (χ0n) is 8.32. The first-order chi connectivity index (χ1) is 4.72. The van der Waals surface area contributed by atoms with Gasteiger partial charge in [-0.3, -0.25) is 0 Å². The van der Waals surface area contributed by atoms with E-state index >= 15 is 0 Å². The maximum Gasteiger partial charge on any atom is 2.00 e. The molecular weight excluding hydrogens is 317 g/mol. The summed E-state index contributed by atoms with van der Waals surface area (Å²) < 4.78 is 0. The number of aromatic hydroxyl groups is 1. The van der Waals surface area contributed by atoms with Crippen molar-refractivity contribution in [2.75, 3.05) is 0 Å². The van der Waals surface area contributed by atoms with Crippen LogP contribution in [-0.2, 0) is 21.7 Å². The van der Waals surface area contributed by atoms with Crippen LogP contribution in [0.1, 0.15) is 13.2 Å². The van der Waals surface area contributed by atoms with Gasteiger partial charge < -0.3 is 13.1 Å². The maximum absolute atomic E-state index is 10.3. The Bertz CT molecular complexity index is 273. The molecule has 0 radical (unpaired) electrons. The van der Waals surface area contributed by atoms with Gasteiger partial charge in [-0.15, -0.1) is 0 Å². The van der Waals surface area contributed by atoms with Gasteiger partial charge >= 0.3 is 54.9 Å². The van der Waals surface area contributed by atoms with Crippen molar-refractivity contribution >= 4 is 54.9 Å². The first-order valence-electron chi connectivity index (χ1n) is 2.73. The molecule has 3 nitrogen and oxygen atoms in total. The van der Waals surface area contributed by atoms with Crippen molar-refractivity contribution < 1.29 is 39.6 Å². The van der Waals surface area contributed by atoms with Crippen molar-refractivity contribution in [2.45, 2.75) is 0 Å². The van der Waals surface area contributed by atoms with E-state index in [1.165, 1.54) is 12.1 Å². The molecule has 2 N–H and O–H groups in total. The molecule has 5 heteroatoms. The van der Waals surface area contributed by atoms with E-state index in [1.54, 1.807) is 12.1 Å². The minimum atomic E-state index is -1.11. The largest absolute Gasteiger partial charge is 2.00 e. The second-order valence-electron chi connectivity index (χ2n) is 1.82. The molecule has 1 aromatic rings. The predicted molar refractivity (Wildman–Crippen MR) is 43.0 cm³/mol. The van der Waals surface area contributed by atoms with Crippen LogP contribution in [-0.4, -0.2) is 65.1 Å². The van der Waals surface area contributed by atoms with Crippen molar-refractivity contribution in [3.05, 3.63) is 29.8 Å². The van der Waals surface area contributed by atoms with Crippen LogP contribution in [0.2, 0.25) is 0 Å². The number of carboxylic acids is 1. The molecule has 0 atom stereocenters. The molecule has 0 aliphatic rings. The molecular formula is C7H8BaO3Ti. The minimum Gasteiger partial charge on any atom is -1.00 e. The number of hydrogen-bond acceptors (Lipinski definition) is 2. The van der Waals surface area contributed by atoms with Crippen molar-refractivity contribution in [3.8, 4) is 5.75 Å². The Hall–Kier alpha value is 0.776. The van der Waals surface area contributed by atoms with Crippen molar-refractivity contribution in [2.24, 2.45) is 0 Å². The molecule has 0 saturated carbocycles. The third-order valence-corrected chi connectivity index (χ3v) is 1.13. The normalized spacial score (nSPS) is 7.67. The average Bonchev–Trinajstić information content (AvgIpc) is 1.88. The number of carbonyl (C=O) groups is 1. The van der Waals surface area contributed by atoms with Gasteiger partial charge in [-0.25, -0.2) is 4.79 Å². The fourth-order valence-corrected chi connectivity index (χ4v) is 0.654. The van der Waals surface area contributed by atoms with Crippen molar-refractivity contribution in [3.63, 3.8) is 0 Å². The van der Waals surface area contributed by atoms with Crippen LogP contribution in [0.25, 0.3) is 0 Å². The van der Waals surface area contributed by atoms with Crippen LogP contribution >= 0.6 is 0 Å². The molecule has 1 rings (SSSR count). The van der Waals surface area contributed by atoms with E-state index in [-0.39, 0.29) is 84.8 Å². The second-order valence-corrected chi connectivity index (χ2v) is 1.82. The minimum absolute atomic E-state index is 0. The van der Waals surface area contributed by atoms with E-state index in [0.29, 0.717) is 0 Å². The molecule has 0 aliphatic heterocycles. The molecule has 0 aliphatic carbocycles. The smallest absolute Gasteiger partial charge is 1.00 e. The number of rotatable bonds is 1. The molecule has 0 heterocycles. The molecule has 0 fully saturated rings. The first-order valence-corrected chi connectivity index (χ1v) is 2.73.